The third-order valence-corrected chi connectivity index (χ3v) is 3.84. The van der Waals surface area contributed by atoms with E-state index in [2.05, 4.69) is 15.5 Å². The van der Waals surface area contributed by atoms with Crippen LogP contribution in [0.25, 0.3) is 0 Å². The minimum atomic E-state index is -0.360. The Hall–Kier alpha value is -3.45. The summed E-state index contributed by atoms with van der Waals surface area (Å²) >= 11 is 0. The fraction of sp³-hybridized carbons (Fsp3) is 0.143. The number of ether oxygens (including phenoxy) is 2. The number of pyridine rings is 1. The maximum atomic E-state index is 13.1. The number of para-hydroxylation sites is 1. The number of benzene rings is 2. The highest BCUT2D eigenvalue weighted by atomic mass is 19.1. The summed E-state index contributed by atoms with van der Waals surface area (Å²) in [5, 5.41) is 9.61. The number of hydroxylamine groups is 1. The van der Waals surface area contributed by atoms with Crippen molar-refractivity contribution >= 4 is 5.84 Å². The Morgan fingerprint density at radius 2 is 1.89 bits per heavy atom. The van der Waals surface area contributed by atoms with Gasteiger partial charge in [0.05, 0.1) is 18.7 Å². The largest absolute Gasteiger partial charge is 0.494 e. The van der Waals surface area contributed by atoms with Gasteiger partial charge in [-0.25, -0.2) is 9.37 Å². The molecule has 0 unspecified atom stereocenters. The van der Waals surface area contributed by atoms with Crippen molar-refractivity contribution < 1.29 is 19.1 Å². The quantitative estimate of drug-likeness (QED) is 0.362. The van der Waals surface area contributed by atoms with Crippen LogP contribution in [0, 0.1) is 5.82 Å². The van der Waals surface area contributed by atoms with E-state index in [-0.39, 0.29) is 24.1 Å². The van der Waals surface area contributed by atoms with E-state index < -0.39 is 0 Å². The van der Waals surface area contributed by atoms with Crippen molar-refractivity contribution in [3.8, 4) is 17.4 Å². The number of halogens is 1. The Balaban J connectivity index is 1.86. The molecule has 0 atom stereocenters. The van der Waals surface area contributed by atoms with Crippen molar-refractivity contribution in [3.05, 3.63) is 83.8 Å². The van der Waals surface area contributed by atoms with Crippen LogP contribution >= 0.6 is 0 Å². The van der Waals surface area contributed by atoms with Crippen molar-refractivity contribution in [2.75, 3.05) is 6.61 Å². The summed E-state index contributed by atoms with van der Waals surface area (Å²) in [6.07, 6.45) is 1.56. The summed E-state index contributed by atoms with van der Waals surface area (Å²) in [5.41, 5.74) is 3.44. The summed E-state index contributed by atoms with van der Waals surface area (Å²) < 4.78 is 24.4. The average Bonchev–Trinajstić information content (AvgIpc) is 2.72. The lowest BCUT2D eigenvalue weighted by atomic mass is 10.2. The summed E-state index contributed by atoms with van der Waals surface area (Å²) in [6.45, 7) is 2.74. The highest BCUT2D eigenvalue weighted by Gasteiger charge is 2.13. The van der Waals surface area contributed by atoms with E-state index in [1.807, 2.05) is 31.2 Å². The van der Waals surface area contributed by atoms with E-state index in [0.29, 0.717) is 17.9 Å². The number of hydrogen-bond donors (Lipinski definition) is 2. The van der Waals surface area contributed by atoms with Gasteiger partial charge in [-0.3, -0.25) is 15.7 Å². The molecule has 2 aromatic carbocycles. The molecule has 0 amide bonds. The Bertz CT molecular complexity index is 946. The number of rotatable bonds is 7. The van der Waals surface area contributed by atoms with Gasteiger partial charge in [0.1, 0.15) is 17.3 Å². The third kappa shape index (κ3) is 4.83. The van der Waals surface area contributed by atoms with Crippen molar-refractivity contribution in [1.29, 1.82) is 0 Å². The number of aliphatic imine (C=N–C) groups is 1. The van der Waals surface area contributed by atoms with Gasteiger partial charge >= 0.3 is 0 Å². The van der Waals surface area contributed by atoms with Gasteiger partial charge in [-0.15, -0.1) is 0 Å². The molecule has 0 aliphatic heterocycles. The lowest BCUT2D eigenvalue weighted by Gasteiger charge is -2.12. The Morgan fingerprint density at radius 1 is 1.11 bits per heavy atom. The van der Waals surface area contributed by atoms with E-state index in [9.17, 15) is 9.60 Å². The molecule has 0 spiro atoms. The molecular formula is C21H20FN3O3. The first-order chi connectivity index (χ1) is 13.7. The number of amidine groups is 1. The van der Waals surface area contributed by atoms with E-state index in [1.165, 1.54) is 24.3 Å². The normalized spacial score (nSPS) is 11.2. The third-order valence-electron chi connectivity index (χ3n) is 3.84. The maximum absolute atomic E-state index is 13.1. The van der Waals surface area contributed by atoms with Crippen LogP contribution in [0.5, 0.6) is 17.4 Å². The molecule has 144 valence electrons. The maximum Gasteiger partial charge on any atom is 0.230 e. The molecule has 0 aliphatic carbocycles. The van der Waals surface area contributed by atoms with Crippen molar-refractivity contribution in [3.63, 3.8) is 0 Å². The second-order valence-electron chi connectivity index (χ2n) is 5.73. The smallest absolute Gasteiger partial charge is 0.230 e. The molecule has 0 aliphatic rings. The fourth-order valence-corrected chi connectivity index (χ4v) is 2.54. The zero-order valence-electron chi connectivity index (χ0n) is 15.3. The Kier molecular flexibility index (Phi) is 6.54. The zero-order chi connectivity index (χ0) is 19.8. The van der Waals surface area contributed by atoms with E-state index in [4.69, 9.17) is 9.47 Å². The fourth-order valence-electron chi connectivity index (χ4n) is 2.54. The molecule has 6 nitrogen and oxygen atoms in total. The molecule has 1 aromatic heterocycles. The predicted octanol–water partition coefficient (Wildman–Crippen LogP) is 4.34. The molecule has 3 rings (SSSR count). The topological polar surface area (TPSA) is 76.0 Å². The lowest BCUT2D eigenvalue weighted by molar-refractivity contribution is 0.234. The van der Waals surface area contributed by atoms with Gasteiger partial charge in [-0.05, 0) is 49.4 Å². The Morgan fingerprint density at radius 3 is 2.64 bits per heavy atom. The first kappa shape index (κ1) is 19.3. The van der Waals surface area contributed by atoms with Gasteiger partial charge in [-0.1, -0.05) is 18.2 Å². The van der Waals surface area contributed by atoms with E-state index >= 15 is 0 Å². The molecule has 1 heterocycles. The molecule has 0 saturated carbocycles. The van der Waals surface area contributed by atoms with Crippen molar-refractivity contribution in [1.82, 2.24) is 10.5 Å². The van der Waals surface area contributed by atoms with Crippen LogP contribution < -0.4 is 15.0 Å². The van der Waals surface area contributed by atoms with Crippen molar-refractivity contribution in [2.45, 2.75) is 13.5 Å². The van der Waals surface area contributed by atoms with Gasteiger partial charge in [0, 0.05) is 11.8 Å². The van der Waals surface area contributed by atoms with Crippen molar-refractivity contribution in [2.24, 2.45) is 4.99 Å². The lowest BCUT2D eigenvalue weighted by Crippen LogP contribution is -2.21. The summed E-state index contributed by atoms with van der Waals surface area (Å²) in [7, 11) is 0. The highest BCUT2D eigenvalue weighted by Crippen LogP contribution is 2.24. The molecule has 0 bridgehead atoms. The van der Waals surface area contributed by atoms with E-state index in [0.717, 1.165) is 11.3 Å². The number of hydrogen-bond acceptors (Lipinski definition) is 5. The minimum absolute atomic E-state index is 0.191. The molecule has 0 saturated heterocycles. The molecule has 0 radical (unpaired) electrons. The molecular weight excluding hydrogens is 361 g/mol. The predicted molar refractivity (Wildman–Crippen MR) is 103 cm³/mol. The van der Waals surface area contributed by atoms with Crippen LogP contribution in [0.1, 0.15) is 18.1 Å². The molecule has 3 aromatic rings. The number of nitrogens with zero attached hydrogens (tertiary/aromatic N) is 2. The first-order valence-electron chi connectivity index (χ1n) is 8.75. The summed E-state index contributed by atoms with van der Waals surface area (Å²) in [6, 6.07) is 16.5. The standard InChI is InChI=1S/C21H20FN3O3/c1-2-27-19-8-4-3-6-15(19)14-24-20(25-26)18-7-5-13-23-21(18)28-17-11-9-16(22)10-12-17/h3-13,26H,2,14H2,1H3,(H,24,25). The monoisotopic (exact) mass is 381 g/mol. The molecule has 28 heavy (non-hydrogen) atoms. The second-order valence-corrected chi connectivity index (χ2v) is 5.73. The number of aromatic nitrogens is 1. The molecule has 7 heteroatoms. The zero-order valence-corrected chi connectivity index (χ0v) is 15.3. The first-order valence-corrected chi connectivity index (χ1v) is 8.75. The van der Waals surface area contributed by atoms with Crippen LogP contribution in [0.3, 0.4) is 0 Å². The number of nitrogens with one attached hydrogen (secondary N) is 1. The SMILES string of the molecule is CCOc1ccccc1CN=C(NO)c1cccnc1Oc1ccc(F)cc1. The van der Waals surface area contributed by atoms with Crippen LogP contribution in [-0.2, 0) is 6.54 Å². The molecule has 0 fully saturated rings. The average molecular weight is 381 g/mol. The van der Waals surface area contributed by atoms with E-state index in [1.54, 1.807) is 18.3 Å². The highest BCUT2D eigenvalue weighted by molar-refractivity contribution is 6.00. The molecule has 2 N–H and O–H groups in total. The van der Waals surface area contributed by atoms with Gasteiger partial charge in [0.25, 0.3) is 0 Å². The van der Waals surface area contributed by atoms with Crippen LogP contribution in [0.2, 0.25) is 0 Å². The van der Waals surface area contributed by atoms with Gasteiger partial charge in [-0.2, -0.15) is 0 Å². The second kappa shape index (κ2) is 9.48. The van der Waals surface area contributed by atoms with Crippen LogP contribution in [0.15, 0.2) is 71.9 Å². The Labute approximate surface area is 162 Å². The summed E-state index contributed by atoms with van der Waals surface area (Å²) in [4.78, 5) is 8.63. The van der Waals surface area contributed by atoms with Gasteiger partial charge < -0.3 is 9.47 Å². The van der Waals surface area contributed by atoms with Gasteiger partial charge in [0.15, 0.2) is 5.84 Å². The van der Waals surface area contributed by atoms with Crippen LogP contribution in [0.4, 0.5) is 4.39 Å². The van der Waals surface area contributed by atoms with Crippen LogP contribution in [-0.4, -0.2) is 22.6 Å². The van der Waals surface area contributed by atoms with Gasteiger partial charge in [0.2, 0.25) is 5.88 Å². The summed E-state index contributed by atoms with van der Waals surface area (Å²) in [5.74, 6) is 1.21. The minimum Gasteiger partial charge on any atom is -0.494 e.